The Kier molecular flexibility index (Phi) is 6.92. The Morgan fingerprint density at radius 3 is 2.92 bits per heavy atom. The molecule has 0 unspecified atom stereocenters. The van der Waals surface area contributed by atoms with Gasteiger partial charge in [-0.05, 0) is 54.1 Å². The van der Waals surface area contributed by atoms with Crippen LogP contribution in [0, 0.1) is 0 Å². The molecule has 2 aromatic rings. The Morgan fingerprint density at radius 2 is 2.11 bits per heavy atom. The molecule has 1 amide bonds. The summed E-state index contributed by atoms with van der Waals surface area (Å²) in [6, 6.07) is 11.9. The van der Waals surface area contributed by atoms with E-state index in [0.29, 0.717) is 24.5 Å². The van der Waals surface area contributed by atoms with Gasteiger partial charge in [-0.2, -0.15) is 0 Å². The van der Waals surface area contributed by atoms with E-state index in [1.54, 1.807) is 12.3 Å². The van der Waals surface area contributed by atoms with Crippen molar-refractivity contribution in [2.24, 2.45) is 10.7 Å². The fourth-order valence-electron chi connectivity index (χ4n) is 4.30. The molecule has 1 fully saturated rings. The maximum atomic E-state index is 11.8. The predicted octanol–water partition coefficient (Wildman–Crippen LogP) is 3.30. The number of nitrogens with two attached hydrogens (primary N) is 1. The smallest absolute Gasteiger partial charge is 0.247 e. The number of carbonyl (C=O) groups excluding carboxylic acids is 1. The lowest BCUT2D eigenvalue weighted by Gasteiger charge is -2.34. The summed E-state index contributed by atoms with van der Waals surface area (Å²) >= 11 is 0. The van der Waals surface area contributed by atoms with Gasteiger partial charge in [-0.15, -0.1) is 0 Å². The number of carbonyl (C=O) groups is 1. The van der Waals surface area contributed by atoms with Crippen LogP contribution in [0.3, 0.4) is 0 Å². The van der Waals surface area contributed by atoms with Gasteiger partial charge in [0.2, 0.25) is 5.91 Å². The number of hydrazine groups is 1. The molecule has 9 nitrogen and oxygen atoms in total. The molecule has 4 heterocycles. The highest BCUT2D eigenvalue weighted by Crippen LogP contribution is 2.33. The topological polar surface area (TPSA) is 108 Å². The number of nitrogens with zero attached hydrogens (tertiary/aromatic N) is 4. The fraction of sp³-hybridized carbons (Fsp3) is 0.222. The predicted molar refractivity (Wildman–Crippen MR) is 143 cm³/mol. The zero-order valence-corrected chi connectivity index (χ0v) is 19.9. The number of aliphatic imine (C=N–C) groups is 1. The van der Waals surface area contributed by atoms with Gasteiger partial charge in [0, 0.05) is 67.8 Å². The Bertz CT molecular complexity index is 1260. The largest absolute Gasteiger partial charge is 0.373 e. The first-order valence-electron chi connectivity index (χ1n) is 11.9. The zero-order chi connectivity index (χ0) is 24.9. The zero-order valence-electron chi connectivity index (χ0n) is 19.9. The number of amides is 1. The van der Waals surface area contributed by atoms with E-state index in [-0.39, 0.29) is 12.0 Å². The summed E-state index contributed by atoms with van der Waals surface area (Å²) in [6.45, 7) is 6.34. The van der Waals surface area contributed by atoms with E-state index in [0.717, 1.165) is 47.7 Å². The first-order valence-corrected chi connectivity index (χ1v) is 11.9. The van der Waals surface area contributed by atoms with Crippen LogP contribution in [0.5, 0.6) is 0 Å². The molecule has 1 aromatic carbocycles. The second-order valence-corrected chi connectivity index (χ2v) is 8.63. The van der Waals surface area contributed by atoms with Crippen molar-refractivity contribution in [3.63, 3.8) is 0 Å². The van der Waals surface area contributed by atoms with E-state index in [9.17, 15) is 4.79 Å². The molecule has 4 N–H and O–H groups in total. The van der Waals surface area contributed by atoms with Crippen molar-refractivity contribution in [1.82, 2.24) is 9.99 Å². The minimum atomic E-state index is -0.274. The van der Waals surface area contributed by atoms with E-state index < -0.39 is 0 Å². The third-order valence-corrected chi connectivity index (χ3v) is 6.20. The number of ether oxygens (including phenoxy) is 1. The Labute approximate surface area is 210 Å². The van der Waals surface area contributed by atoms with Crippen LogP contribution in [0.25, 0.3) is 5.70 Å². The maximum Gasteiger partial charge on any atom is 0.247 e. The number of fused-ring (bicyclic) bond motifs is 1. The summed E-state index contributed by atoms with van der Waals surface area (Å²) in [5, 5.41) is 4.76. The summed E-state index contributed by atoms with van der Waals surface area (Å²) in [4.78, 5) is 23.0. The van der Waals surface area contributed by atoms with E-state index in [1.165, 1.54) is 6.08 Å². The lowest BCUT2D eigenvalue weighted by atomic mass is 9.98. The number of pyridine rings is 1. The second-order valence-electron chi connectivity index (χ2n) is 8.63. The fourth-order valence-corrected chi connectivity index (χ4v) is 4.30. The van der Waals surface area contributed by atoms with Crippen molar-refractivity contribution in [2.45, 2.75) is 12.5 Å². The van der Waals surface area contributed by atoms with E-state index in [4.69, 9.17) is 10.5 Å². The van der Waals surface area contributed by atoms with Crippen LogP contribution in [-0.4, -0.2) is 54.5 Å². The highest BCUT2D eigenvalue weighted by Gasteiger charge is 2.22. The third-order valence-electron chi connectivity index (χ3n) is 6.20. The van der Waals surface area contributed by atoms with Gasteiger partial charge in [-0.3, -0.25) is 25.2 Å². The first kappa shape index (κ1) is 23.5. The monoisotopic (exact) mass is 483 g/mol. The van der Waals surface area contributed by atoms with E-state index in [1.807, 2.05) is 23.5 Å². The van der Waals surface area contributed by atoms with Crippen molar-refractivity contribution in [1.29, 1.82) is 0 Å². The SMILES string of the molecule is C=CC(=O)Nc1ccnc(C2=CC3=CN=CCC3=CN2Nc2ccc(N3CCO[C@H](CN)C3)cc2)c1. The highest BCUT2D eigenvalue weighted by atomic mass is 16.5. The van der Waals surface area contributed by atoms with Gasteiger partial charge in [0.1, 0.15) is 0 Å². The van der Waals surface area contributed by atoms with Gasteiger partial charge in [0.15, 0.2) is 0 Å². The molecule has 36 heavy (non-hydrogen) atoms. The van der Waals surface area contributed by atoms with E-state index in [2.05, 4.69) is 68.7 Å². The molecule has 0 saturated carbocycles. The number of allylic oxidation sites excluding steroid dienone is 3. The summed E-state index contributed by atoms with van der Waals surface area (Å²) in [6.07, 6.45) is 11.6. The van der Waals surface area contributed by atoms with Crippen molar-refractivity contribution in [3.8, 4) is 0 Å². The number of hydrogen-bond donors (Lipinski definition) is 3. The van der Waals surface area contributed by atoms with E-state index >= 15 is 0 Å². The molecule has 1 aromatic heterocycles. The highest BCUT2D eigenvalue weighted by molar-refractivity contribution is 5.99. The molecule has 3 aliphatic heterocycles. The average Bonchev–Trinajstić information content (AvgIpc) is 2.93. The van der Waals surface area contributed by atoms with Gasteiger partial charge in [0.25, 0.3) is 0 Å². The summed E-state index contributed by atoms with van der Waals surface area (Å²) < 4.78 is 5.69. The van der Waals surface area contributed by atoms with Crippen molar-refractivity contribution in [2.75, 3.05) is 41.9 Å². The average molecular weight is 484 g/mol. The Balaban J connectivity index is 1.39. The molecular formula is C27H29N7O2. The van der Waals surface area contributed by atoms with Crippen LogP contribution in [0.15, 0.2) is 89.9 Å². The molecule has 0 spiro atoms. The number of benzene rings is 1. The lowest BCUT2D eigenvalue weighted by Crippen LogP contribution is -2.45. The van der Waals surface area contributed by atoms with Crippen LogP contribution in [0.1, 0.15) is 12.1 Å². The maximum absolute atomic E-state index is 11.8. The molecule has 3 aliphatic rings. The molecule has 0 radical (unpaired) electrons. The summed E-state index contributed by atoms with van der Waals surface area (Å²) in [7, 11) is 0. The molecule has 0 aliphatic carbocycles. The van der Waals surface area contributed by atoms with Gasteiger partial charge in [0.05, 0.1) is 29.8 Å². The summed E-state index contributed by atoms with van der Waals surface area (Å²) in [5.74, 6) is -0.274. The minimum Gasteiger partial charge on any atom is -0.373 e. The molecule has 9 heteroatoms. The molecule has 5 rings (SSSR count). The van der Waals surface area contributed by atoms with Crippen LogP contribution in [-0.2, 0) is 9.53 Å². The van der Waals surface area contributed by atoms with Crippen LogP contribution in [0.2, 0.25) is 0 Å². The van der Waals surface area contributed by atoms with Crippen LogP contribution < -0.4 is 21.4 Å². The molecule has 184 valence electrons. The Morgan fingerprint density at radius 1 is 1.25 bits per heavy atom. The van der Waals surface area contributed by atoms with Crippen LogP contribution >= 0.6 is 0 Å². The molecule has 1 atom stereocenters. The number of anilines is 3. The van der Waals surface area contributed by atoms with Crippen molar-refractivity contribution >= 4 is 34.9 Å². The standard InChI is InChI=1S/C27H29N7O2/c1-2-27(35)31-22-8-10-30-25(14-22)26-13-20-16-29-9-7-19(20)17-34(26)32-21-3-5-23(6-4-21)33-11-12-36-24(15-28)18-33/h2-6,8-10,13-14,16-17,24,32H,1,7,11-12,15,18,28H2,(H,30,31,35)/t24-/m1/s1. The Hall–Kier alpha value is -4.21. The van der Waals surface area contributed by atoms with Crippen molar-refractivity contribution in [3.05, 3.63) is 90.6 Å². The first-order chi connectivity index (χ1) is 17.6. The molecular weight excluding hydrogens is 454 g/mol. The number of hydrogen-bond acceptors (Lipinski definition) is 8. The quantitative estimate of drug-likeness (QED) is 0.519. The lowest BCUT2D eigenvalue weighted by molar-refractivity contribution is -0.111. The molecule has 1 saturated heterocycles. The number of rotatable bonds is 7. The third kappa shape index (κ3) is 5.22. The van der Waals surface area contributed by atoms with Gasteiger partial charge in [-0.25, -0.2) is 0 Å². The number of morpholine rings is 1. The molecule has 0 bridgehead atoms. The van der Waals surface area contributed by atoms with Gasteiger partial charge < -0.3 is 20.7 Å². The number of aromatic nitrogens is 1. The van der Waals surface area contributed by atoms with Crippen molar-refractivity contribution < 1.29 is 9.53 Å². The number of nitrogens with one attached hydrogen (secondary N) is 2. The second kappa shape index (κ2) is 10.6. The normalized spacial score (nSPS) is 19.0. The van der Waals surface area contributed by atoms with Crippen LogP contribution in [0.4, 0.5) is 17.1 Å². The van der Waals surface area contributed by atoms with Gasteiger partial charge >= 0.3 is 0 Å². The summed E-state index contributed by atoms with van der Waals surface area (Å²) in [5.41, 5.74) is 15.7. The minimum absolute atomic E-state index is 0.0602. The van der Waals surface area contributed by atoms with Gasteiger partial charge in [-0.1, -0.05) is 6.58 Å².